The number of aliphatic hydroxyl groups is 2. The van der Waals surface area contributed by atoms with Gasteiger partial charge >= 0.3 is 0 Å². The molecule has 4 N–H and O–H groups in total. The van der Waals surface area contributed by atoms with Crippen molar-refractivity contribution in [2.75, 3.05) is 30.9 Å². The predicted molar refractivity (Wildman–Crippen MR) is 80.1 cm³/mol. The summed E-state index contributed by atoms with van der Waals surface area (Å²) in [6, 6.07) is -0.873. The van der Waals surface area contributed by atoms with Gasteiger partial charge in [0.2, 0.25) is 15.9 Å². The molecule has 2 unspecified atom stereocenters. The molecule has 20 heavy (non-hydrogen) atoms. The molecule has 0 spiro atoms. The van der Waals surface area contributed by atoms with Gasteiger partial charge in [0.15, 0.2) is 0 Å². The molecule has 0 aliphatic carbocycles. The zero-order valence-electron chi connectivity index (χ0n) is 12.0. The van der Waals surface area contributed by atoms with Gasteiger partial charge in [-0.05, 0) is 32.3 Å². The summed E-state index contributed by atoms with van der Waals surface area (Å²) >= 11 is 1.50. The average Bonchev–Trinajstić information content (AvgIpc) is 2.40. The second-order valence-electron chi connectivity index (χ2n) is 4.73. The van der Waals surface area contributed by atoms with Crippen LogP contribution >= 0.6 is 11.8 Å². The molecular formula is C11H24N2O5S2. The normalized spacial score (nSPS) is 16.4. The highest BCUT2D eigenvalue weighted by Gasteiger charge is 2.26. The van der Waals surface area contributed by atoms with Gasteiger partial charge in [0, 0.05) is 6.54 Å². The standard InChI is InChI=1S/C11H24N2O5S2/c1-4-20(17,18)13-9(5-6-19-3)10(15)12-7-11(2,16)8-14/h9,13-14,16H,4-8H2,1-3H3,(H,12,15). The molecule has 0 saturated heterocycles. The molecule has 0 radical (unpaired) electrons. The lowest BCUT2D eigenvalue weighted by atomic mass is 10.1. The maximum absolute atomic E-state index is 12.0. The Bertz CT molecular complexity index is 398. The molecule has 0 heterocycles. The van der Waals surface area contributed by atoms with E-state index in [2.05, 4.69) is 10.0 Å². The van der Waals surface area contributed by atoms with Crippen molar-refractivity contribution in [1.29, 1.82) is 0 Å². The molecule has 0 aromatic heterocycles. The Morgan fingerprint density at radius 2 is 2.05 bits per heavy atom. The van der Waals surface area contributed by atoms with Crippen LogP contribution in [0.4, 0.5) is 0 Å². The number of carbonyl (C=O) groups excluding carboxylic acids is 1. The maximum Gasteiger partial charge on any atom is 0.238 e. The first-order chi connectivity index (χ1) is 9.17. The second-order valence-corrected chi connectivity index (χ2v) is 7.76. The van der Waals surface area contributed by atoms with E-state index in [1.165, 1.54) is 25.6 Å². The number of rotatable bonds is 10. The van der Waals surface area contributed by atoms with E-state index in [9.17, 15) is 18.3 Å². The summed E-state index contributed by atoms with van der Waals surface area (Å²) in [5.74, 6) is 0.00952. The van der Waals surface area contributed by atoms with E-state index in [4.69, 9.17) is 5.11 Å². The van der Waals surface area contributed by atoms with E-state index < -0.39 is 34.2 Å². The van der Waals surface area contributed by atoms with Crippen molar-refractivity contribution in [3.8, 4) is 0 Å². The number of aliphatic hydroxyl groups excluding tert-OH is 1. The molecule has 0 aliphatic rings. The summed E-state index contributed by atoms with van der Waals surface area (Å²) in [4.78, 5) is 12.0. The molecule has 0 aromatic carbocycles. The number of carbonyl (C=O) groups is 1. The molecule has 0 aromatic rings. The summed E-state index contributed by atoms with van der Waals surface area (Å²) < 4.78 is 25.4. The first kappa shape index (κ1) is 19.7. The third kappa shape index (κ3) is 8.05. The lowest BCUT2D eigenvalue weighted by Crippen LogP contribution is -2.51. The highest BCUT2D eigenvalue weighted by Crippen LogP contribution is 2.04. The van der Waals surface area contributed by atoms with E-state index in [0.717, 1.165) is 0 Å². The minimum atomic E-state index is -3.49. The molecule has 0 rings (SSSR count). The van der Waals surface area contributed by atoms with Gasteiger partial charge in [-0.25, -0.2) is 13.1 Å². The Balaban J connectivity index is 4.65. The number of sulfonamides is 1. The lowest BCUT2D eigenvalue weighted by molar-refractivity contribution is -0.124. The van der Waals surface area contributed by atoms with E-state index in [0.29, 0.717) is 12.2 Å². The molecule has 0 bridgehead atoms. The van der Waals surface area contributed by atoms with Crippen LogP contribution in [0.1, 0.15) is 20.3 Å². The van der Waals surface area contributed by atoms with Crippen LogP contribution in [0, 0.1) is 0 Å². The smallest absolute Gasteiger partial charge is 0.238 e. The Kier molecular flexibility index (Phi) is 8.68. The van der Waals surface area contributed by atoms with Crippen molar-refractivity contribution in [3.05, 3.63) is 0 Å². The van der Waals surface area contributed by atoms with Gasteiger partial charge < -0.3 is 15.5 Å². The van der Waals surface area contributed by atoms with Crippen LogP contribution < -0.4 is 10.0 Å². The van der Waals surface area contributed by atoms with Gasteiger partial charge in [0.05, 0.1) is 12.4 Å². The molecule has 9 heteroatoms. The Labute approximate surface area is 124 Å². The maximum atomic E-state index is 12.0. The third-order valence-electron chi connectivity index (χ3n) is 2.61. The lowest BCUT2D eigenvalue weighted by Gasteiger charge is -2.23. The Morgan fingerprint density at radius 3 is 2.50 bits per heavy atom. The van der Waals surface area contributed by atoms with Crippen molar-refractivity contribution in [2.45, 2.75) is 31.9 Å². The zero-order valence-corrected chi connectivity index (χ0v) is 13.7. The van der Waals surface area contributed by atoms with Crippen LogP contribution in [0.3, 0.4) is 0 Å². The largest absolute Gasteiger partial charge is 0.393 e. The van der Waals surface area contributed by atoms with Crippen molar-refractivity contribution in [1.82, 2.24) is 10.0 Å². The molecule has 0 aliphatic heterocycles. The fourth-order valence-electron chi connectivity index (χ4n) is 1.24. The monoisotopic (exact) mass is 328 g/mol. The Hall–Kier alpha value is -0.350. The first-order valence-corrected chi connectivity index (χ1v) is 9.32. The highest BCUT2D eigenvalue weighted by molar-refractivity contribution is 7.98. The summed E-state index contributed by atoms with van der Waals surface area (Å²) in [7, 11) is -3.49. The van der Waals surface area contributed by atoms with Gasteiger partial charge in [-0.2, -0.15) is 11.8 Å². The number of amides is 1. The van der Waals surface area contributed by atoms with Crippen LogP contribution in [-0.2, 0) is 14.8 Å². The molecule has 120 valence electrons. The van der Waals surface area contributed by atoms with E-state index in [1.807, 2.05) is 6.26 Å². The van der Waals surface area contributed by atoms with E-state index in [-0.39, 0.29) is 12.3 Å². The van der Waals surface area contributed by atoms with Crippen molar-refractivity contribution < 1.29 is 23.4 Å². The SMILES string of the molecule is CCS(=O)(=O)NC(CCSC)C(=O)NCC(C)(O)CO. The third-order valence-corrected chi connectivity index (χ3v) is 4.66. The number of nitrogens with one attached hydrogen (secondary N) is 2. The summed E-state index contributed by atoms with van der Waals surface area (Å²) in [5.41, 5.74) is -1.43. The van der Waals surface area contributed by atoms with E-state index in [1.54, 1.807) is 0 Å². The van der Waals surface area contributed by atoms with Crippen LogP contribution in [0.5, 0.6) is 0 Å². The van der Waals surface area contributed by atoms with Gasteiger partial charge in [0.1, 0.15) is 11.6 Å². The highest BCUT2D eigenvalue weighted by atomic mass is 32.2. The molecular weight excluding hydrogens is 304 g/mol. The fourth-order valence-corrected chi connectivity index (χ4v) is 2.53. The number of hydrogen-bond donors (Lipinski definition) is 4. The summed E-state index contributed by atoms with van der Waals surface area (Å²) in [5, 5.41) is 20.9. The first-order valence-electron chi connectivity index (χ1n) is 6.27. The quantitative estimate of drug-likeness (QED) is 0.405. The predicted octanol–water partition coefficient (Wildman–Crippen LogP) is -1.09. The van der Waals surface area contributed by atoms with Crippen LogP contribution in [0.15, 0.2) is 0 Å². The number of thioether (sulfide) groups is 1. The van der Waals surface area contributed by atoms with Crippen molar-refractivity contribution in [3.63, 3.8) is 0 Å². The van der Waals surface area contributed by atoms with Gasteiger partial charge in [0.25, 0.3) is 0 Å². The summed E-state index contributed by atoms with van der Waals surface area (Å²) in [6.07, 6.45) is 2.22. The molecule has 7 nitrogen and oxygen atoms in total. The molecule has 1 amide bonds. The number of hydrogen-bond acceptors (Lipinski definition) is 6. The van der Waals surface area contributed by atoms with Crippen LogP contribution in [-0.4, -0.2) is 67.1 Å². The van der Waals surface area contributed by atoms with Gasteiger partial charge in [-0.15, -0.1) is 0 Å². The minimum absolute atomic E-state index is 0.107. The Morgan fingerprint density at radius 1 is 1.45 bits per heavy atom. The van der Waals surface area contributed by atoms with Crippen LogP contribution in [0.2, 0.25) is 0 Å². The summed E-state index contributed by atoms with van der Waals surface area (Å²) in [6.45, 7) is 2.22. The molecule has 0 saturated carbocycles. The second kappa shape index (κ2) is 8.83. The molecule has 2 atom stereocenters. The van der Waals surface area contributed by atoms with Crippen LogP contribution in [0.25, 0.3) is 0 Å². The van der Waals surface area contributed by atoms with Gasteiger partial charge in [-0.3, -0.25) is 4.79 Å². The van der Waals surface area contributed by atoms with E-state index >= 15 is 0 Å². The zero-order chi connectivity index (χ0) is 15.8. The van der Waals surface area contributed by atoms with Crippen molar-refractivity contribution in [2.24, 2.45) is 0 Å². The minimum Gasteiger partial charge on any atom is -0.393 e. The molecule has 0 fully saturated rings. The van der Waals surface area contributed by atoms with Gasteiger partial charge in [-0.1, -0.05) is 0 Å². The fraction of sp³-hybridized carbons (Fsp3) is 0.909. The van der Waals surface area contributed by atoms with Crippen molar-refractivity contribution >= 4 is 27.7 Å². The topological polar surface area (TPSA) is 116 Å². The average molecular weight is 328 g/mol.